The number of nitrogens with two attached hydrogens (primary N) is 2. The van der Waals surface area contributed by atoms with Crippen molar-refractivity contribution in [1.82, 2.24) is 0 Å². The van der Waals surface area contributed by atoms with Crippen molar-refractivity contribution in [1.29, 1.82) is 0 Å². The Morgan fingerprint density at radius 3 is 2.30 bits per heavy atom. The van der Waals surface area contributed by atoms with Gasteiger partial charge in [-0.15, -0.1) is 0 Å². The number of carbonyl (C=O) groups is 1. The van der Waals surface area contributed by atoms with Gasteiger partial charge in [0.15, 0.2) is 5.78 Å². The van der Waals surface area contributed by atoms with Gasteiger partial charge >= 0.3 is 0 Å². The molecule has 2 rings (SSSR count). The predicted molar refractivity (Wildman–Crippen MR) is 86.0 cm³/mol. The average Bonchev–Trinajstić information content (AvgIpc) is 2.37. The fraction of sp³-hybridized carbons (Fsp3) is 0.312. The molecule has 106 valence electrons. The molecule has 1 aliphatic carbocycles. The lowest BCUT2D eigenvalue weighted by molar-refractivity contribution is 0.103. The topological polar surface area (TPSA) is 69.1 Å². The van der Waals surface area contributed by atoms with Gasteiger partial charge in [0, 0.05) is 17.6 Å². The summed E-state index contributed by atoms with van der Waals surface area (Å²) in [4.78, 5) is 12.7. The quantitative estimate of drug-likeness (QED) is 0.510. The first-order chi connectivity index (χ1) is 9.21. The Bertz CT molecular complexity index is 580. The minimum Gasteiger partial charge on any atom is -0.310 e. The van der Waals surface area contributed by atoms with Crippen LogP contribution >= 0.6 is 0 Å². The minimum atomic E-state index is -1.66. The Hall–Kier alpha value is -1.49. The van der Waals surface area contributed by atoms with Crippen LogP contribution in [0.15, 0.2) is 53.3 Å². The van der Waals surface area contributed by atoms with Crippen molar-refractivity contribution < 1.29 is 4.79 Å². The SMILES string of the molecule is C[Si](C)(C)C1=C(C(=O)c2ccccc2)C=CC(N)(N)C1. The van der Waals surface area contributed by atoms with Crippen LogP contribution in [-0.2, 0) is 0 Å². The largest absolute Gasteiger partial charge is 0.310 e. The molecule has 0 fully saturated rings. The molecule has 0 saturated heterocycles. The van der Waals surface area contributed by atoms with Crippen molar-refractivity contribution in [2.75, 3.05) is 0 Å². The summed E-state index contributed by atoms with van der Waals surface area (Å²) in [5, 5.41) is 1.15. The summed E-state index contributed by atoms with van der Waals surface area (Å²) in [6.45, 7) is 6.65. The summed E-state index contributed by atoms with van der Waals surface area (Å²) >= 11 is 0. The zero-order valence-corrected chi connectivity index (χ0v) is 13.3. The molecule has 0 saturated carbocycles. The van der Waals surface area contributed by atoms with Gasteiger partial charge in [0.2, 0.25) is 0 Å². The number of hydrogen-bond acceptors (Lipinski definition) is 3. The molecule has 0 aliphatic heterocycles. The highest BCUT2D eigenvalue weighted by Crippen LogP contribution is 2.31. The van der Waals surface area contributed by atoms with E-state index in [1.807, 2.05) is 36.4 Å². The lowest BCUT2D eigenvalue weighted by Gasteiger charge is -2.33. The molecule has 4 N–H and O–H groups in total. The van der Waals surface area contributed by atoms with Crippen LogP contribution in [-0.4, -0.2) is 19.5 Å². The molecule has 20 heavy (non-hydrogen) atoms. The molecule has 0 amide bonds. The average molecular weight is 286 g/mol. The van der Waals surface area contributed by atoms with Crippen molar-refractivity contribution in [3.8, 4) is 0 Å². The van der Waals surface area contributed by atoms with Crippen LogP contribution in [0.5, 0.6) is 0 Å². The molecule has 3 nitrogen and oxygen atoms in total. The van der Waals surface area contributed by atoms with E-state index in [1.165, 1.54) is 0 Å². The molecule has 1 aromatic rings. The lowest BCUT2D eigenvalue weighted by Crippen LogP contribution is -2.51. The van der Waals surface area contributed by atoms with Gasteiger partial charge in [0.1, 0.15) is 0 Å². The summed E-state index contributed by atoms with van der Waals surface area (Å²) < 4.78 is 0. The molecule has 0 radical (unpaired) electrons. The van der Waals surface area contributed by atoms with Crippen LogP contribution in [0, 0.1) is 0 Å². The molecule has 0 unspecified atom stereocenters. The Kier molecular flexibility index (Phi) is 3.82. The molecule has 0 atom stereocenters. The van der Waals surface area contributed by atoms with Gasteiger partial charge in [-0.2, -0.15) is 0 Å². The Morgan fingerprint density at radius 2 is 1.75 bits per heavy atom. The van der Waals surface area contributed by atoms with Crippen molar-refractivity contribution in [3.05, 3.63) is 58.8 Å². The number of Topliss-reactive ketones (excluding diaryl/α,β-unsaturated/α-hetero) is 1. The Balaban J connectivity index is 2.49. The summed E-state index contributed by atoms with van der Waals surface area (Å²) in [6.07, 6.45) is 4.12. The van der Waals surface area contributed by atoms with Crippen LogP contribution in [0.25, 0.3) is 0 Å². The maximum absolute atomic E-state index is 12.7. The third-order valence-corrected chi connectivity index (χ3v) is 5.81. The molecule has 1 aliphatic rings. The van der Waals surface area contributed by atoms with E-state index in [0.717, 1.165) is 10.8 Å². The number of ketones is 1. The first kappa shape index (κ1) is 14.9. The molecule has 0 aromatic heterocycles. The highest BCUT2D eigenvalue weighted by Gasteiger charge is 2.33. The number of hydrogen-bond donors (Lipinski definition) is 2. The lowest BCUT2D eigenvalue weighted by atomic mass is 9.93. The first-order valence-electron chi connectivity index (χ1n) is 6.81. The monoisotopic (exact) mass is 286 g/mol. The van der Waals surface area contributed by atoms with Crippen molar-refractivity contribution in [2.45, 2.75) is 31.7 Å². The van der Waals surface area contributed by atoms with E-state index >= 15 is 0 Å². The zero-order chi connectivity index (χ0) is 15.0. The van der Waals surface area contributed by atoms with Gasteiger partial charge in [-0.25, -0.2) is 0 Å². The van der Waals surface area contributed by atoms with Crippen LogP contribution in [0.2, 0.25) is 19.6 Å². The van der Waals surface area contributed by atoms with E-state index in [4.69, 9.17) is 11.5 Å². The van der Waals surface area contributed by atoms with E-state index < -0.39 is 13.7 Å². The number of allylic oxidation sites excluding steroid dienone is 2. The maximum Gasteiger partial charge on any atom is 0.192 e. The normalized spacial score (nSPS) is 18.2. The van der Waals surface area contributed by atoms with Crippen LogP contribution in [0.4, 0.5) is 0 Å². The van der Waals surface area contributed by atoms with Crippen LogP contribution < -0.4 is 11.5 Å². The predicted octanol–water partition coefficient (Wildman–Crippen LogP) is 2.62. The third kappa shape index (κ3) is 3.15. The van der Waals surface area contributed by atoms with Gasteiger partial charge in [-0.1, -0.05) is 61.2 Å². The molecule has 0 spiro atoms. The first-order valence-corrected chi connectivity index (χ1v) is 10.3. The second-order valence-electron chi connectivity index (χ2n) is 6.46. The zero-order valence-electron chi connectivity index (χ0n) is 12.3. The molecular weight excluding hydrogens is 264 g/mol. The van der Waals surface area contributed by atoms with E-state index in [0.29, 0.717) is 12.0 Å². The van der Waals surface area contributed by atoms with E-state index in [-0.39, 0.29) is 5.78 Å². The highest BCUT2D eigenvalue weighted by molar-refractivity contribution is 6.83. The number of benzene rings is 1. The maximum atomic E-state index is 12.7. The van der Waals surface area contributed by atoms with Crippen LogP contribution in [0.3, 0.4) is 0 Å². The third-order valence-electron chi connectivity index (χ3n) is 3.55. The molecule has 1 aromatic carbocycles. The highest BCUT2D eigenvalue weighted by atomic mass is 28.3. The fourth-order valence-electron chi connectivity index (χ4n) is 2.43. The van der Waals surface area contributed by atoms with E-state index in [9.17, 15) is 4.79 Å². The van der Waals surface area contributed by atoms with Gasteiger partial charge in [-0.3, -0.25) is 4.79 Å². The second kappa shape index (κ2) is 5.13. The van der Waals surface area contributed by atoms with Crippen molar-refractivity contribution in [2.24, 2.45) is 11.5 Å². The standard InChI is InChI=1S/C16H22N2OSi/c1-20(2,3)14-11-16(17,18)10-9-13(14)15(19)12-7-5-4-6-8-12/h4-10H,11,17-18H2,1-3H3. The summed E-state index contributed by atoms with van der Waals surface area (Å²) in [5.41, 5.74) is 12.7. The van der Waals surface area contributed by atoms with Gasteiger partial charge < -0.3 is 11.5 Å². The molecule has 4 heteroatoms. The van der Waals surface area contributed by atoms with Gasteiger partial charge in [0.25, 0.3) is 0 Å². The molecule has 0 bridgehead atoms. The number of rotatable bonds is 3. The van der Waals surface area contributed by atoms with E-state index in [1.54, 1.807) is 6.08 Å². The minimum absolute atomic E-state index is 0.0646. The van der Waals surface area contributed by atoms with E-state index in [2.05, 4.69) is 19.6 Å². The summed E-state index contributed by atoms with van der Waals surface area (Å²) in [6, 6.07) is 9.36. The van der Waals surface area contributed by atoms with Crippen LogP contribution in [0.1, 0.15) is 16.8 Å². The van der Waals surface area contributed by atoms with Crippen molar-refractivity contribution in [3.63, 3.8) is 0 Å². The fourth-order valence-corrected chi connectivity index (χ4v) is 4.27. The second-order valence-corrected chi connectivity index (χ2v) is 11.6. The van der Waals surface area contributed by atoms with Gasteiger partial charge in [0.05, 0.1) is 13.7 Å². The van der Waals surface area contributed by atoms with Crippen molar-refractivity contribution >= 4 is 13.9 Å². The molecular formula is C16H22N2OSi. The Labute approximate surface area is 121 Å². The summed E-state index contributed by atoms with van der Waals surface area (Å²) in [7, 11) is -1.66. The number of carbonyl (C=O) groups excluding carboxylic acids is 1. The molecule has 0 heterocycles. The Morgan fingerprint density at radius 1 is 1.15 bits per heavy atom. The summed E-state index contributed by atoms with van der Waals surface area (Å²) in [5.74, 6) is 0.0646. The van der Waals surface area contributed by atoms with Gasteiger partial charge in [-0.05, 0) is 6.08 Å². The smallest absolute Gasteiger partial charge is 0.192 e.